The first-order chi connectivity index (χ1) is 7.72. The van der Waals surface area contributed by atoms with Crippen LogP contribution in [-0.4, -0.2) is 16.0 Å². The van der Waals surface area contributed by atoms with Crippen LogP contribution in [0.3, 0.4) is 0 Å². The molecule has 0 bridgehead atoms. The van der Waals surface area contributed by atoms with Gasteiger partial charge in [-0.2, -0.15) is 0 Å². The lowest BCUT2D eigenvalue weighted by Gasteiger charge is -2.08. The first kappa shape index (κ1) is 10.7. The van der Waals surface area contributed by atoms with Crippen LogP contribution in [0.1, 0.15) is 5.82 Å². The predicted octanol–water partition coefficient (Wildman–Crippen LogP) is 2.40. The number of imidazole rings is 1. The maximum atomic E-state index is 10.3. The van der Waals surface area contributed by atoms with E-state index in [9.17, 15) is 4.79 Å². The molecule has 1 amide bonds. The van der Waals surface area contributed by atoms with Gasteiger partial charge in [-0.3, -0.25) is 4.79 Å². The fourth-order valence-electron chi connectivity index (χ4n) is 1.49. The number of hydrogen-bond acceptors (Lipinski definition) is 2. The molecule has 16 heavy (non-hydrogen) atoms. The third-order valence-electron chi connectivity index (χ3n) is 2.26. The molecule has 0 unspecified atom stereocenters. The number of benzene rings is 1. The van der Waals surface area contributed by atoms with Gasteiger partial charge in [0.15, 0.2) is 0 Å². The predicted molar refractivity (Wildman–Crippen MR) is 63.0 cm³/mol. The van der Waals surface area contributed by atoms with Gasteiger partial charge in [-0.05, 0) is 25.1 Å². The molecule has 0 aliphatic heterocycles. The Hall–Kier alpha value is -1.81. The van der Waals surface area contributed by atoms with Crippen molar-refractivity contribution in [3.05, 3.63) is 41.4 Å². The Morgan fingerprint density at radius 3 is 2.88 bits per heavy atom. The Morgan fingerprint density at radius 1 is 1.50 bits per heavy atom. The van der Waals surface area contributed by atoms with Crippen LogP contribution in [0.15, 0.2) is 30.6 Å². The molecule has 2 rings (SSSR count). The lowest BCUT2D eigenvalue weighted by Crippen LogP contribution is -1.98. The number of nitrogens with one attached hydrogen (secondary N) is 1. The quantitative estimate of drug-likeness (QED) is 0.831. The minimum Gasteiger partial charge on any atom is -0.329 e. The maximum Gasteiger partial charge on any atom is 0.211 e. The minimum absolute atomic E-state index is 0.563. The average Bonchev–Trinajstić information content (AvgIpc) is 2.65. The normalized spacial score (nSPS) is 10.1. The second-order valence-electron chi connectivity index (χ2n) is 3.27. The van der Waals surface area contributed by atoms with Crippen LogP contribution < -0.4 is 5.32 Å². The summed E-state index contributed by atoms with van der Waals surface area (Å²) in [6.07, 6.45) is 4.17. The van der Waals surface area contributed by atoms with Gasteiger partial charge in [-0.15, -0.1) is 0 Å². The number of aromatic nitrogens is 2. The number of aryl methyl sites for hydroxylation is 1. The van der Waals surface area contributed by atoms with E-state index in [1.807, 2.05) is 23.8 Å². The molecule has 0 saturated heterocycles. The largest absolute Gasteiger partial charge is 0.329 e. The summed E-state index contributed by atoms with van der Waals surface area (Å²) >= 11 is 6.12. The molecule has 2 aromatic rings. The van der Waals surface area contributed by atoms with Crippen molar-refractivity contribution in [3.8, 4) is 5.69 Å². The zero-order valence-corrected chi connectivity index (χ0v) is 9.40. The third kappa shape index (κ3) is 1.92. The molecule has 4 nitrogen and oxygen atoms in total. The third-order valence-corrected chi connectivity index (χ3v) is 2.56. The Balaban J connectivity index is 2.44. The van der Waals surface area contributed by atoms with Crippen molar-refractivity contribution in [1.82, 2.24) is 9.55 Å². The van der Waals surface area contributed by atoms with E-state index in [0.717, 1.165) is 11.5 Å². The highest BCUT2D eigenvalue weighted by atomic mass is 35.5. The van der Waals surface area contributed by atoms with Crippen molar-refractivity contribution in [2.24, 2.45) is 0 Å². The molecule has 0 aliphatic rings. The Bertz CT molecular complexity index is 522. The molecule has 1 heterocycles. The van der Waals surface area contributed by atoms with Crippen molar-refractivity contribution in [2.45, 2.75) is 6.92 Å². The van der Waals surface area contributed by atoms with E-state index >= 15 is 0 Å². The highest BCUT2D eigenvalue weighted by Gasteiger charge is 2.05. The van der Waals surface area contributed by atoms with Gasteiger partial charge in [0.25, 0.3) is 0 Å². The van der Waals surface area contributed by atoms with Crippen molar-refractivity contribution in [3.63, 3.8) is 0 Å². The van der Waals surface area contributed by atoms with E-state index in [1.165, 1.54) is 0 Å². The molecule has 1 aromatic carbocycles. The molecule has 0 aliphatic carbocycles. The van der Waals surface area contributed by atoms with E-state index in [-0.39, 0.29) is 0 Å². The second-order valence-corrected chi connectivity index (χ2v) is 3.68. The number of halogens is 1. The van der Waals surface area contributed by atoms with Crippen molar-refractivity contribution in [1.29, 1.82) is 0 Å². The summed E-state index contributed by atoms with van der Waals surface area (Å²) in [5.74, 6) is 0.859. The lowest BCUT2D eigenvalue weighted by molar-refractivity contribution is -0.105. The molecule has 5 heteroatoms. The highest BCUT2D eigenvalue weighted by molar-refractivity contribution is 6.32. The fraction of sp³-hybridized carbons (Fsp3) is 0.0909. The van der Waals surface area contributed by atoms with Crippen molar-refractivity contribution >= 4 is 23.7 Å². The SMILES string of the molecule is Cc1nccn1-c1ccc(NC=O)cc1Cl. The fourth-order valence-corrected chi connectivity index (χ4v) is 1.76. The van der Waals surface area contributed by atoms with Crippen LogP contribution in [0.5, 0.6) is 0 Å². The van der Waals surface area contributed by atoms with E-state index in [2.05, 4.69) is 10.3 Å². The summed E-state index contributed by atoms with van der Waals surface area (Å²) in [4.78, 5) is 14.4. The van der Waals surface area contributed by atoms with Crippen LogP contribution in [0, 0.1) is 6.92 Å². The Kier molecular flexibility index (Phi) is 2.92. The monoisotopic (exact) mass is 235 g/mol. The van der Waals surface area contributed by atoms with E-state index in [1.54, 1.807) is 18.3 Å². The number of amides is 1. The molecule has 1 aromatic heterocycles. The van der Waals surface area contributed by atoms with E-state index < -0.39 is 0 Å². The number of carbonyl (C=O) groups excluding carboxylic acids is 1. The topological polar surface area (TPSA) is 46.9 Å². The van der Waals surface area contributed by atoms with Crippen LogP contribution >= 0.6 is 11.6 Å². The molecule has 0 radical (unpaired) electrons. The van der Waals surface area contributed by atoms with Gasteiger partial charge in [0.2, 0.25) is 6.41 Å². The van der Waals surface area contributed by atoms with Gasteiger partial charge in [0, 0.05) is 18.1 Å². The number of rotatable bonds is 3. The summed E-state index contributed by atoms with van der Waals surface area (Å²) in [5, 5.41) is 3.11. The second kappa shape index (κ2) is 4.37. The van der Waals surface area contributed by atoms with Gasteiger partial charge >= 0.3 is 0 Å². The summed E-state index contributed by atoms with van der Waals surface area (Å²) in [5.41, 5.74) is 1.51. The average molecular weight is 236 g/mol. The van der Waals surface area contributed by atoms with E-state index in [0.29, 0.717) is 17.1 Å². The number of nitrogens with zero attached hydrogens (tertiary/aromatic N) is 2. The summed E-state index contributed by atoms with van der Waals surface area (Å²) in [6, 6.07) is 5.32. The Morgan fingerprint density at radius 2 is 2.31 bits per heavy atom. The number of carbonyl (C=O) groups is 1. The summed E-state index contributed by atoms with van der Waals surface area (Å²) in [7, 11) is 0. The van der Waals surface area contributed by atoms with Gasteiger partial charge in [-0.25, -0.2) is 4.98 Å². The number of anilines is 1. The van der Waals surface area contributed by atoms with E-state index in [4.69, 9.17) is 11.6 Å². The zero-order valence-electron chi connectivity index (χ0n) is 8.64. The summed E-state index contributed by atoms with van der Waals surface area (Å²) < 4.78 is 1.88. The molecule has 0 atom stereocenters. The smallest absolute Gasteiger partial charge is 0.211 e. The molecule has 0 fully saturated rings. The molecule has 0 spiro atoms. The van der Waals surface area contributed by atoms with Gasteiger partial charge < -0.3 is 9.88 Å². The molecule has 82 valence electrons. The van der Waals surface area contributed by atoms with Crippen molar-refractivity contribution in [2.75, 3.05) is 5.32 Å². The Labute approximate surface area is 97.9 Å². The highest BCUT2D eigenvalue weighted by Crippen LogP contribution is 2.24. The maximum absolute atomic E-state index is 10.3. The van der Waals surface area contributed by atoms with Crippen molar-refractivity contribution < 1.29 is 4.79 Å². The summed E-state index contributed by atoms with van der Waals surface area (Å²) in [6.45, 7) is 1.90. The molecular formula is C11H10ClN3O. The standard InChI is InChI=1S/C11H10ClN3O/c1-8-13-4-5-15(8)11-3-2-9(14-7-16)6-10(11)12/h2-7H,1H3,(H,14,16). The van der Waals surface area contributed by atoms with Crippen LogP contribution in [0.4, 0.5) is 5.69 Å². The van der Waals surface area contributed by atoms with Crippen LogP contribution in [-0.2, 0) is 4.79 Å². The van der Waals surface area contributed by atoms with Gasteiger partial charge in [-0.1, -0.05) is 11.6 Å². The zero-order chi connectivity index (χ0) is 11.5. The lowest BCUT2D eigenvalue weighted by atomic mass is 10.2. The minimum atomic E-state index is 0.563. The van der Waals surface area contributed by atoms with Crippen LogP contribution in [0.2, 0.25) is 5.02 Å². The van der Waals surface area contributed by atoms with Crippen LogP contribution in [0.25, 0.3) is 5.69 Å². The van der Waals surface area contributed by atoms with Gasteiger partial charge in [0.05, 0.1) is 10.7 Å². The molecule has 1 N–H and O–H groups in total. The first-order valence-electron chi connectivity index (χ1n) is 4.72. The first-order valence-corrected chi connectivity index (χ1v) is 5.10. The molecular weight excluding hydrogens is 226 g/mol. The number of hydrogen-bond donors (Lipinski definition) is 1. The molecule has 0 saturated carbocycles. The van der Waals surface area contributed by atoms with Gasteiger partial charge in [0.1, 0.15) is 5.82 Å².